The van der Waals surface area contributed by atoms with E-state index in [0.717, 1.165) is 13.2 Å². The van der Waals surface area contributed by atoms with Crippen molar-refractivity contribution in [2.45, 2.75) is 38.8 Å². The molecular formula is C10H21NOS. The van der Waals surface area contributed by atoms with E-state index < -0.39 is 0 Å². The fourth-order valence-corrected chi connectivity index (χ4v) is 2.21. The predicted molar refractivity (Wildman–Crippen MR) is 59.4 cm³/mol. The minimum Gasteiger partial charge on any atom is -0.378 e. The molecule has 0 saturated carbocycles. The number of thioether (sulfide) groups is 1. The first-order chi connectivity index (χ1) is 6.33. The summed E-state index contributed by atoms with van der Waals surface area (Å²) in [5.41, 5.74) is 0. The van der Waals surface area contributed by atoms with Crippen LogP contribution in [0.3, 0.4) is 0 Å². The SMILES string of the molecule is CCSCCNC1CCOC(C)C1. The van der Waals surface area contributed by atoms with Crippen LogP contribution in [0.25, 0.3) is 0 Å². The molecule has 1 saturated heterocycles. The Balaban J connectivity index is 2.00. The van der Waals surface area contributed by atoms with Crippen molar-refractivity contribution in [1.82, 2.24) is 5.32 Å². The zero-order valence-corrected chi connectivity index (χ0v) is 9.53. The van der Waals surface area contributed by atoms with Crippen LogP contribution in [-0.4, -0.2) is 36.8 Å². The van der Waals surface area contributed by atoms with Crippen molar-refractivity contribution < 1.29 is 4.74 Å². The van der Waals surface area contributed by atoms with Gasteiger partial charge in [0, 0.05) is 24.9 Å². The second kappa shape index (κ2) is 6.68. The molecule has 2 unspecified atom stereocenters. The zero-order valence-electron chi connectivity index (χ0n) is 8.71. The van der Waals surface area contributed by atoms with Crippen LogP contribution in [0, 0.1) is 0 Å². The standard InChI is InChI=1S/C10H21NOS/c1-3-13-7-5-11-10-4-6-12-9(2)8-10/h9-11H,3-8H2,1-2H3. The second-order valence-corrected chi connectivity index (χ2v) is 4.95. The third kappa shape index (κ3) is 4.89. The molecule has 1 aliphatic heterocycles. The molecule has 1 fully saturated rings. The van der Waals surface area contributed by atoms with Crippen LogP contribution in [-0.2, 0) is 4.74 Å². The zero-order chi connectivity index (χ0) is 9.52. The lowest BCUT2D eigenvalue weighted by molar-refractivity contribution is 0.0138. The lowest BCUT2D eigenvalue weighted by atomic mass is 10.0. The fourth-order valence-electron chi connectivity index (χ4n) is 1.66. The highest BCUT2D eigenvalue weighted by atomic mass is 32.2. The Morgan fingerprint density at radius 1 is 1.54 bits per heavy atom. The quantitative estimate of drug-likeness (QED) is 0.690. The summed E-state index contributed by atoms with van der Waals surface area (Å²) >= 11 is 2.00. The first kappa shape index (κ1) is 11.3. The predicted octanol–water partition coefficient (Wildman–Crippen LogP) is 1.90. The molecule has 1 heterocycles. The molecule has 0 aromatic heterocycles. The first-order valence-corrected chi connectivity index (χ1v) is 6.41. The Morgan fingerprint density at radius 3 is 3.08 bits per heavy atom. The molecule has 2 nitrogen and oxygen atoms in total. The Bertz CT molecular complexity index is 132. The number of nitrogens with one attached hydrogen (secondary N) is 1. The normalized spacial score (nSPS) is 29.1. The first-order valence-electron chi connectivity index (χ1n) is 5.25. The van der Waals surface area contributed by atoms with Crippen molar-refractivity contribution in [3.05, 3.63) is 0 Å². The van der Waals surface area contributed by atoms with Gasteiger partial charge in [-0.2, -0.15) is 11.8 Å². The van der Waals surface area contributed by atoms with Crippen LogP contribution < -0.4 is 5.32 Å². The van der Waals surface area contributed by atoms with E-state index in [1.54, 1.807) is 0 Å². The molecule has 1 N–H and O–H groups in total. The van der Waals surface area contributed by atoms with E-state index in [4.69, 9.17) is 4.74 Å². The molecule has 2 atom stereocenters. The van der Waals surface area contributed by atoms with Crippen LogP contribution in [0.5, 0.6) is 0 Å². The summed E-state index contributed by atoms with van der Waals surface area (Å²) in [6.07, 6.45) is 2.81. The van der Waals surface area contributed by atoms with Gasteiger partial charge in [-0.15, -0.1) is 0 Å². The van der Waals surface area contributed by atoms with Gasteiger partial charge in [0.2, 0.25) is 0 Å². The Hall–Kier alpha value is 0.270. The molecule has 0 radical (unpaired) electrons. The van der Waals surface area contributed by atoms with Gasteiger partial charge in [0.05, 0.1) is 6.10 Å². The summed E-state index contributed by atoms with van der Waals surface area (Å²) < 4.78 is 5.49. The monoisotopic (exact) mass is 203 g/mol. The molecule has 1 rings (SSSR count). The maximum absolute atomic E-state index is 5.49. The Labute approximate surface area is 85.8 Å². The number of rotatable bonds is 5. The summed E-state index contributed by atoms with van der Waals surface area (Å²) in [5, 5.41) is 3.59. The average Bonchev–Trinajstić information content (AvgIpc) is 2.13. The van der Waals surface area contributed by atoms with E-state index in [9.17, 15) is 0 Å². The lowest BCUT2D eigenvalue weighted by Gasteiger charge is -2.28. The van der Waals surface area contributed by atoms with Crippen molar-refractivity contribution in [1.29, 1.82) is 0 Å². The van der Waals surface area contributed by atoms with Gasteiger partial charge in [-0.3, -0.25) is 0 Å². The maximum Gasteiger partial charge on any atom is 0.0561 e. The minimum absolute atomic E-state index is 0.449. The molecule has 0 amide bonds. The topological polar surface area (TPSA) is 21.3 Å². The van der Waals surface area contributed by atoms with Gasteiger partial charge < -0.3 is 10.1 Å². The third-order valence-corrected chi connectivity index (χ3v) is 3.27. The van der Waals surface area contributed by atoms with Crippen LogP contribution in [0.1, 0.15) is 26.7 Å². The Kier molecular flexibility index (Phi) is 5.83. The van der Waals surface area contributed by atoms with Crippen LogP contribution in [0.4, 0.5) is 0 Å². The highest BCUT2D eigenvalue weighted by Gasteiger charge is 2.17. The molecule has 1 aliphatic rings. The molecule has 0 aromatic carbocycles. The molecule has 0 aromatic rings. The van der Waals surface area contributed by atoms with E-state index in [0.29, 0.717) is 12.1 Å². The molecular weight excluding hydrogens is 182 g/mol. The number of hydrogen-bond donors (Lipinski definition) is 1. The van der Waals surface area contributed by atoms with Gasteiger partial charge in [0.1, 0.15) is 0 Å². The van der Waals surface area contributed by atoms with Crippen molar-refractivity contribution in [3.8, 4) is 0 Å². The van der Waals surface area contributed by atoms with Gasteiger partial charge in [0.15, 0.2) is 0 Å². The van der Waals surface area contributed by atoms with Crippen molar-refractivity contribution >= 4 is 11.8 Å². The molecule has 13 heavy (non-hydrogen) atoms. The molecule has 0 aliphatic carbocycles. The van der Waals surface area contributed by atoms with Crippen molar-refractivity contribution in [2.24, 2.45) is 0 Å². The molecule has 78 valence electrons. The summed E-state index contributed by atoms with van der Waals surface area (Å²) in [4.78, 5) is 0. The van der Waals surface area contributed by atoms with Gasteiger partial charge in [-0.05, 0) is 25.5 Å². The number of hydrogen-bond acceptors (Lipinski definition) is 3. The van der Waals surface area contributed by atoms with E-state index >= 15 is 0 Å². The third-order valence-electron chi connectivity index (χ3n) is 2.37. The minimum atomic E-state index is 0.449. The summed E-state index contributed by atoms with van der Waals surface area (Å²) in [6, 6.07) is 0.696. The van der Waals surface area contributed by atoms with Crippen LogP contribution in [0.2, 0.25) is 0 Å². The average molecular weight is 203 g/mol. The smallest absolute Gasteiger partial charge is 0.0561 e. The maximum atomic E-state index is 5.49. The molecule has 0 bridgehead atoms. The second-order valence-electron chi connectivity index (χ2n) is 3.55. The Morgan fingerprint density at radius 2 is 2.38 bits per heavy atom. The van der Waals surface area contributed by atoms with Crippen molar-refractivity contribution in [2.75, 3.05) is 24.7 Å². The fraction of sp³-hybridized carbons (Fsp3) is 1.00. The largest absolute Gasteiger partial charge is 0.378 e. The molecule has 0 spiro atoms. The summed E-state index contributed by atoms with van der Waals surface area (Å²) in [5.74, 6) is 2.47. The molecule has 3 heteroatoms. The van der Waals surface area contributed by atoms with Gasteiger partial charge in [-0.1, -0.05) is 6.92 Å². The highest BCUT2D eigenvalue weighted by molar-refractivity contribution is 7.99. The number of ether oxygens (including phenoxy) is 1. The van der Waals surface area contributed by atoms with E-state index in [1.807, 2.05) is 11.8 Å². The van der Waals surface area contributed by atoms with Crippen LogP contribution >= 0.6 is 11.8 Å². The van der Waals surface area contributed by atoms with Gasteiger partial charge in [-0.25, -0.2) is 0 Å². The van der Waals surface area contributed by atoms with Crippen LogP contribution in [0.15, 0.2) is 0 Å². The van der Waals surface area contributed by atoms with E-state index in [2.05, 4.69) is 19.2 Å². The lowest BCUT2D eigenvalue weighted by Crippen LogP contribution is -2.38. The van der Waals surface area contributed by atoms with Crippen molar-refractivity contribution in [3.63, 3.8) is 0 Å². The highest BCUT2D eigenvalue weighted by Crippen LogP contribution is 2.12. The van der Waals surface area contributed by atoms with Gasteiger partial charge in [0.25, 0.3) is 0 Å². The van der Waals surface area contributed by atoms with E-state index in [1.165, 1.54) is 24.3 Å². The van der Waals surface area contributed by atoms with Gasteiger partial charge >= 0.3 is 0 Å². The van der Waals surface area contributed by atoms with E-state index in [-0.39, 0.29) is 0 Å². The summed E-state index contributed by atoms with van der Waals surface area (Å²) in [6.45, 7) is 6.45. The summed E-state index contributed by atoms with van der Waals surface area (Å²) in [7, 11) is 0.